The van der Waals surface area contributed by atoms with Crippen LogP contribution in [0.1, 0.15) is 24.3 Å². The molecule has 0 radical (unpaired) electrons. The van der Waals surface area contributed by atoms with Crippen LogP contribution in [-0.4, -0.2) is 25.3 Å². The number of ether oxygens (including phenoxy) is 1. The molecule has 94 valence electrons. The molecular weight excluding hydrogens is 248 g/mol. The van der Waals surface area contributed by atoms with E-state index in [0.29, 0.717) is 29.2 Å². The van der Waals surface area contributed by atoms with E-state index < -0.39 is 0 Å². The first-order valence-corrected chi connectivity index (χ1v) is 6.51. The fraction of sp³-hybridized carbons (Fsp3) is 0.500. The Morgan fingerprint density at radius 2 is 1.89 bits per heavy atom. The number of nitrogens with two attached hydrogens (primary N) is 1. The fourth-order valence-electron chi connectivity index (χ4n) is 2.19. The van der Waals surface area contributed by atoms with E-state index in [1.54, 1.807) is 0 Å². The lowest BCUT2D eigenvalue weighted by molar-refractivity contribution is -0.00501. The van der Waals surface area contributed by atoms with Gasteiger partial charge in [0, 0.05) is 13.1 Å². The molecule has 0 unspecified atom stereocenters. The predicted octanol–water partition coefficient (Wildman–Crippen LogP) is 1.69. The Bertz CT molecular complexity index is 529. The van der Waals surface area contributed by atoms with Gasteiger partial charge in [-0.25, -0.2) is 0 Å². The summed E-state index contributed by atoms with van der Waals surface area (Å²) in [6, 6.07) is 4.13. The first-order valence-electron chi connectivity index (χ1n) is 5.69. The Kier molecular flexibility index (Phi) is 3.42. The van der Waals surface area contributed by atoms with E-state index in [-0.39, 0.29) is 12.2 Å². The van der Waals surface area contributed by atoms with Crippen LogP contribution in [0.2, 0.25) is 0 Å². The second-order valence-electron chi connectivity index (χ2n) is 4.41. The molecule has 1 aromatic rings. The minimum Gasteiger partial charge on any atom is -0.396 e. The molecule has 6 heteroatoms. The fourth-order valence-corrected chi connectivity index (χ4v) is 3.18. The minimum atomic E-state index is 0.106. The van der Waals surface area contributed by atoms with Crippen molar-refractivity contribution in [2.75, 3.05) is 23.7 Å². The summed E-state index contributed by atoms with van der Waals surface area (Å²) in [7, 11) is 0. The molecule has 2 atom stereocenters. The van der Waals surface area contributed by atoms with Crippen molar-refractivity contribution in [2.24, 2.45) is 0 Å². The predicted molar refractivity (Wildman–Crippen MR) is 70.4 cm³/mol. The number of rotatable bonds is 1. The Balaban J connectivity index is 2.39. The molecule has 18 heavy (non-hydrogen) atoms. The highest BCUT2D eigenvalue weighted by atomic mass is 32.1. The lowest BCUT2D eigenvalue weighted by Gasteiger charge is -2.36. The molecule has 5 nitrogen and oxygen atoms in total. The van der Waals surface area contributed by atoms with Crippen LogP contribution in [0.4, 0.5) is 10.7 Å². The van der Waals surface area contributed by atoms with E-state index in [2.05, 4.69) is 11.0 Å². The van der Waals surface area contributed by atoms with E-state index in [1.807, 2.05) is 19.9 Å². The van der Waals surface area contributed by atoms with Gasteiger partial charge in [-0.1, -0.05) is 0 Å². The molecule has 0 aromatic carbocycles. The third kappa shape index (κ3) is 2.13. The zero-order chi connectivity index (χ0) is 13.3. The molecule has 0 amide bonds. The molecule has 2 rings (SSSR count). The lowest BCUT2D eigenvalue weighted by atomic mass is 10.2. The maximum Gasteiger partial charge on any atom is 0.131 e. The zero-order valence-corrected chi connectivity index (χ0v) is 11.1. The highest BCUT2D eigenvalue weighted by Gasteiger charge is 2.27. The minimum absolute atomic E-state index is 0.106. The molecule has 0 spiro atoms. The second kappa shape index (κ2) is 4.85. The molecule has 1 saturated heterocycles. The van der Waals surface area contributed by atoms with Crippen LogP contribution in [0.25, 0.3) is 0 Å². The van der Waals surface area contributed by atoms with Crippen molar-refractivity contribution in [2.45, 2.75) is 26.1 Å². The number of nitriles is 2. The first kappa shape index (κ1) is 12.7. The van der Waals surface area contributed by atoms with Crippen LogP contribution < -0.4 is 10.6 Å². The highest BCUT2D eigenvalue weighted by molar-refractivity contribution is 7.17. The number of nitrogen functional groups attached to an aromatic ring is 1. The normalized spacial score (nSPS) is 23.4. The van der Waals surface area contributed by atoms with Crippen LogP contribution in [0.15, 0.2) is 0 Å². The Hall–Kier alpha value is -1.76. The van der Waals surface area contributed by atoms with E-state index in [0.717, 1.165) is 5.00 Å². The molecule has 1 fully saturated rings. The summed E-state index contributed by atoms with van der Waals surface area (Å²) >= 11 is 1.28. The molecule has 2 heterocycles. The Morgan fingerprint density at radius 1 is 1.28 bits per heavy atom. The van der Waals surface area contributed by atoms with Gasteiger partial charge in [0.1, 0.15) is 27.6 Å². The van der Waals surface area contributed by atoms with E-state index in [4.69, 9.17) is 15.7 Å². The number of nitrogens with zero attached hydrogens (tertiary/aromatic N) is 3. The quantitative estimate of drug-likeness (QED) is 0.832. The van der Waals surface area contributed by atoms with Crippen molar-refractivity contribution < 1.29 is 4.74 Å². The molecule has 2 N–H and O–H groups in total. The molecule has 1 aliphatic heterocycles. The van der Waals surface area contributed by atoms with Gasteiger partial charge in [0.15, 0.2) is 0 Å². The van der Waals surface area contributed by atoms with Gasteiger partial charge >= 0.3 is 0 Å². The Labute approximate surface area is 110 Å². The molecule has 0 saturated carbocycles. The highest BCUT2D eigenvalue weighted by Crippen LogP contribution is 2.38. The lowest BCUT2D eigenvalue weighted by Crippen LogP contribution is -2.45. The summed E-state index contributed by atoms with van der Waals surface area (Å²) in [4.78, 5) is 2.49. The van der Waals surface area contributed by atoms with Crippen LogP contribution >= 0.6 is 11.3 Å². The Morgan fingerprint density at radius 3 is 2.39 bits per heavy atom. The van der Waals surface area contributed by atoms with E-state index >= 15 is 0 Å². The largest absolute Gasteiger partial charge is 0.396 e. The molecular formula is C12H14N4OS. The molecule has 1 aliphatic rings. The topological polar surface area (TPSA) is 86.1 Å². The van der Waals surface area contributed by atoms with Crippen molar-refractivity contribution in [1.82, 2.24) is 0 Å². The van der Waals surface area contributed by atoms with Crippen molar-refractivity contribution in [3.63, 3.8) is 0 Å². The number of anilines is 2. The maximum atomic E-state index is 9.18. The first-order chi connectivity index (χ1) is 8.56. The summed E-state index contributed by atoms with van der Waals surface area (Å²) in [5.74, 6) is 0. The second-order valence-corrected chi connectivity index (χ2v) is 5.41. The van der Waals surface area contributed by atoms with Gasteiger partial charge in [0.2, 0.25) is 0 Å². The van der Waals surface area contributed by atoms with Crippen molar-refractivity contribution in [1.29, 1.82) is 10.5 Å². The van der Waals surface area contributed by atoms with Gasteiger partial charge in [-0.05, 0) is 13.8 Å². The monoisotopic (exact) mass is 262 g/mol. The number of morpholine rings is 1. The number of thiophene rings is 1. The SMILES string of the molecule is C[C@@H]1CN(c2sc(C#N)c(N)c2C#N)C[C@H](C)O1. The van der Waals surface area contributed by atoms with Gasteiger partial charge in [-0.15, -0.1) is 11.3 Å². The van der Waals surface area contributed by atoms with Crippen LogP contribution in [0.5, 0.6) is 0 Å². The third-order valence-electron chi connectivity index (χ3n) is 2.85. The van der Waals surface area contributed by atoms with Gasteiger partial charge in [0.05, 0.1) is 17.9 Å². The zero-order valence-electron chi connectivity index (χ0n) is 10.3. The molecule has 1 aromatic heterocycles. The summed E-state index contributed by atoms with van der Waals surface area (Å²) in [6.45, 7) is 5.42. The van der Waals surface area contributed by atoms with E-state index in [1.165, 1.54) is 11.3 Å². The van der Waals surface area contributed by atoms with E-state index in [9.17, 15) is 5.26 Å². The average molecular weight is 262 g/mol. The van der Waals surface area contributed by atoms with Crippen LogP contribution in [-0.2, 0) is 4.74 Å². The number of hydrogen-bond acceptors (Lipinski definition) is 6. The summed E-state index contributed by atoms with van der Waals surface area (Å²) in [6.07, 6.45) is 0.211. The number of hydrogen-bond donors (Lipinski definition) is 1. The van der Waals surface area contributed by atoms with Gasteiger partial charge in [-0.3, -0.25) is 0 Å². The van der Waals surface area contributed by atoms with Crippen molar-refractivity contribution in [3.8, 4) is 12.1 Å². The van der Waals surface area contributed by atoms with Gasteiger partial charge in [0.25, 0.3) is 0 Å². The molecule has 0 bridgehead atoms. The summed E-state index contributed by atoms with van der Waals surface area (Å²) in [5.41, 5.74) is 6.52. The summed E-state index contributed by atoms with van der Waals surface area (Å²) < 4.78 is 5.66. The average Bonchev–Trinajstić information content (AvgIpc) is 2.64. The van der Waals surface area contributed by atoms with Crippen molar-refractivity contribution >= 4 is 22.0 Å². The van der Waals surface area contributed by atoms with Gasteiger partial charge in [-0.2, -0.15) is 10.5 Å². The molecule has 0 aliphatic carbocycles. The van der Waals surface area contributed by atoms with Crippen LogP contribution in [0.3, 0.4) is 0 Å². The van der Waals surface area contributed by atoms with Gasteiger partial charge < -0.3 is 15.4 Å². The standard InChI is InChI=1S/C12H14N4OS/c1-7-5-16(6-8(2)17-7)12-9(3-13)11(15)10(4-14)18-12/h7-8H,5-6,15H2,1-2H3/t7-,8+. The smallest absolute Gasteiger partial charge is 0.131 e. The van der Waals surface area contributed by atoms with Crippen molar-refractivity contribution in [3.05, 3.63) is 10.4 Å². The maximum absolute atomic E-state index is 9.18. The van der Waals surface area contributed by atoms with Crippen LogP contribution in [0, 0.1) is 22.7 Å². The summed E-state index contributed by atoms with van der Waals surface area (Å²) in [5, 5.41) is 18.9. The third-order valence-corrected chi connectivity index (χ3v) is 4.02.